The highest BCUT2D eigenvalue weighted by atomic mass is 16.6. The van der Waals surface area contributed by atoms with E-state index in [1.165, 1.54) is 0 Å². The molecule has 0 atom stereocenters. The van der Waals surface area contributed by atoms with Crippen molar-refractivity contribution < 1.29 is 19.1 Å². The Bertz CT molecular complexity index is 649. The molecule has 6 nitrogen and oxygen atoms in total. The van der Waals surface area contributed by atoms with Gasteiger partial charge in [0.2, 0.25) is 5.91 Å². The minimum atomic E-state index is -0.107. The number of carbonyl (C=O) groups is 2. The normalized spacial score (nSPS) is 12.6. The monoisotopic (exact) mass is 330 g/mol. The Hall–Kier alpha value is -2.55. The first kappa shape index (κ1) is 17.8. The zero-order chi connectivity index (χ0) is 17.5. The Morgan fingerprint density at radius 3 is 2.58 bits per heavy atom. The molecule has 0 N–H and O–H groups in total. The quantitative estimate of drug-likeness (QED) is 0.718. The van der Waals surface area contributed by atoms with Crippen molar-refractivity contribution in [2.75, 3.05) is 19.8 Å². The van der Waals surface area contributed by atoms with Gasteiger partial charge in [0.25, 0.3) is 0 Å². The predicted octanol–water partition coefficient (Wildman–Crippen LogP) is 2.57. The van der Waals surface area contributed by atoms with E-state index in [4.69, 9.17) is 14.7 Å². The van der Waals surface area contributed by atoms with E-state index in [2.05, 4.69) is 0 Å². The van der Waals surface area contributed by atoms with Gasteiger partial charge < -0.3 is 14.4 Å². The largest absolute Gasteiger partial charge is 0.486 e. The van der Waals surface area contributed by atoms with Crippen LogP contribution < -0.4 is 9.47 Å². The molecule has 0 unspecified atom stereocenters. The van der Waals surface area contributed by atoms with Crippen LogP contribution in [0.25, 0.3) is 0 Å². The Balaban J connectivity index is 1.94. The van der Waals surface area contributed by atoms with Crippen molar-refractivity contribution in [1.29, 1.82) is 5.26 Å². The summed E-state index contributed by atoms with van der Waals surface area (Å²) in [7, 11) is 0. The Labute approximate surface area is 142 Å². The molecule has 1 amide bonds. The molecule has 0 radical (unpaired) electrons. The third-order valence-electron chi connectivity index (χ3n) is 3.84. The van der Waals surface area contributed by atoms with Gasteiger partial charge in [0.05, 0.1) is 12.5 Å². The van der Waals surface area contributed by atoms with Crippen molar-refractivity contribution in [2.45, 2.75) is 39.2 Å². The molecule has 0 spiro atoms. The van der Waals surface area contributed by atoms with Crippen molar-refractivity contribution >= 4 is 11.7 Å². The molecule has 1 aliphatic heterocycles. The van der Waals surface area contributed by atoms with Gasteiger partial charge in [-0.15, -0.1) is 0 Å². The van der Waals surface area contributed by atoms with Crippen molar-refractivity contribution in [3.8, 4) is 17.6 Å². The number of hydrogen-bond acceptors (Lipinski definition) is 5. The van der Waals surface area contributed by atoms with Crippen LogP contribution in [0.4, 0.5) is 0 Å². The summed E-state index contributed by atoms with van der Waals surface area (Å²) in [6, 6.07) is 7.12. The second-order valence-corrected chi connectivity index (χ2v) is 5.87. The number of amides is 1. The molecule has 0 bridgehead atoms. The van der Waals surface area contributed by atoms with Crippen LogP contribution in [0.5, 0.6) is 11.5 Å². The van der Waals surface area contributed by atoms with Gasteiger partial charge in [-0.25, -0.2) is 0 Å². The van der Waals surface area contributed by atoms with Gasteiger partial charge >= 0.3 is 0 Å². The van der Waals surface area contributed by atoms with Crippen LogP contribution in [0, 0.1) is 11.3 Å². The average Bonchev–Trinajstić information content (AvgIpc) is 2.59. The Kier molecular flexibility index (Phi) is 6.19. The fourth-order valence-electron chi connectivity index (χ4n) is 2.57. The number of nitrogens with zero attached hydrogens (tertiary/aromatic N) is 2. The first-order chi connectivity index (χ1) is 11.5. The van der Waals surface area contributed by atoms with E-state index in [-0.39, 0.29) is 30.6 Å². The standard InChI is InChI=1S/C18H22N2O4/c1-13(2)20(9-3-8-19)18(22)7-5-15(21)14-4-6-16-17(12-14)24-11-10-23-16/h4,6,12-13H,3,5,7,9-11H2,1-2H3. The molecule has 0 saturated carbocycles. The number of hydrogen-bond donors (Lipinski definition) is 0. The molecule has 0 saturated heterocycles. The summed E-state index contributed by atoms with van der Waals surface area (Å²) >= 11 is 0. The molecule has 128 valence electrons. The highest BCUT2D eigenvalue weighted by Gasteiger charge is 2.19. The second-order valence-electron chi connectivity index (χ2n) is 5.87. The molecule has 1 aliphatic rings. The van der Waals surface area contributed by atoms with Gasteiger partial charge in [-0.3, -0.25) is 9.59 Å². The highest BCUT2D eigenvalue weighted by molar-refractivity contribution is 5.98. The Morgan fingerprint density at radius 1 is 1.21 bits per heavy atom. The molecule has 1 aromatic carbocycles. The summed E-state index contributed by atoms with van der Waals surface area (Å²) in [5.74, 6) is 0.989. The predicted molar refractivity (Wildman–Crippen MR) is 88.1 cm³/mol. The number of ketones is 1. The van der Waals surface area contributed by atoms with E-state index in [0.29, 0.717) is 43.2 Å². The fraction of sp³-hybridized carbons (Fsp3) is 0.500. The topological polar surface area (TPSA) is 79.6 Å². The van der Waals surface area contributed by atoms with Crippen LogP contribution in [-0.2, 0) is 4.79 Å². The van der Waals surface area contributed by atoms with Crippen LogP contribution in [0.3, 0.4) is 0 Å². The molecule has 0 fully saturated rings. The minimum Gasteiger partial charge on any atom is -0.486 e. The van der Waals surface area contributed by atoms with Gasteiger partial charge in [0.1, 0.15) is 13.2 Å². The third kappa shape index (κ3) is 4.48. The van der Waals surface area contributed by atoms with E-state index in [1.54, 1.807) is 23.1 Å². The molecule has 0 aliphatic carbocycles. The number of fused-ring (bicyclic) bond motifs is 1. The first-order valence-corrected chi connectivity index (χ1v) is 8.12. The molecule has 2 rings (SSSR count). The van der Waals surface area contributed by atoms with Crippen LogP contribution in [0.1, 0.15) is 43.5 Å². The van der Waals surface area contributed by atoms with Gasteiger partial charge in [-0.1, -0.05) is 0 Å². The van der Waals surface area contributed by atoms with Gasteiger partial charge in [-0.2, -0.15) is 5.26 Å². The number of rotatable bonds is 7. The lowest BCUT2D eigenvalue weighted by molar-refractivity contribution is -0.132. The summed E-state index contributed by atoms with van der Waals surface area (Å²) in [6.07, 6.45) is 0.561. The zero-order valence-corrected chi connectivity index (χ0v) is 14.1. The smallest absolute Gasteiger partial charge is 0.223 e. The van der Waals surface area contributed by atoms with Gasteiger partial charge in [-0.05, 0) is 32.0 Å². The molecule has 1 heterocycles. The van der Waals surface area contributed by atoms with E-state index in [9.17, 15) is 9.59 Å². The number of nitriles is 1. The minimum absolute atomic E-state index is 0.00949. The van der Waals surface area contributed by atoms with E-state index >= 15 is 0 Å². The van der Waals surface area contributed by atoms with Crippen LogP contribution in [0.2, 0.25) is 0 Å². The third-order valence-corrected chi connectivity index (χ3v) is 3.84. The lowest BCUT2D eigenvalue weighted by Crippen LogP contribution is -2.37. The summed E-state index contributed by atoms with van der Waals surface area (Å²) in [6.45, 7) is 5.16. The summed E-state index contributed by atoms with van der Waals surface area (Å²) in [5.41, 5.74) is 0.514. The van der Waals surface area contributed by atoms with E-state index in [0.717, 1.165) is 0 Å². The summed E-state index contributed by atoms with van der Waals surface area (Å²) < 4.78 is 10.9. The van der Waals surface area contributed by atoms with Crippen LogP contribution in [0.15, 0.2) is 18.2 Å². The van der Waals surface area contributed by atoms with Crippen molar-refractivity contribution in [3.63, 3.8) is 0 Å². The molecule has 1 aromatic rings. The maximum Gasteiger partial charge on any atom is 0.223 e. The highest BCUT2D eigenvalue weighted by Crippen LogP contribution is 2.31. The zero-order valence-electron chi connectivity index (χ0n) is 14.1. The van der Waals surface area contributed by atoms with Crippen molar-refractivity contribution in [1.82, 2.24) is 4.90 Å². The van der Waals surface area contributed by atoms with Gasteiger partial charge in [0.15, 0.2) is 17.3 Å². The number of carbonyl (C=O) groups excluding carboxylic acids is 2. The van der Waals surface area contributed by atoms with Crippen LogP contribution in [-0.4, -0.2) is 42.4 Å². The number of ether oxygens (including phenoxy) is 2. The first-order valence-electron chi connectivity index (χ1n) is 8.12. The number of Topliss-reactive ketones (excluding diaryl/α,β-unsaturated/α-hetero) is 1. The van der Waals surface area contributed by atoms with Crippen LogP contribution >= 0.6 is 0 Å². The summed E-state index contributed by atoms with van der Waals surface area (Å²) in [5, 5.41) is 8.68. The lowest BCUT2D eigenvalue weighted by atomic mass is 10.0. The Morgan fingerprint density at radius 2 is 1.92 bits per heavy atom. The molecule has 24 heavy (non-hydrogen) atoms. The van der Waals surface area contributed by atoms with Crippen molar-refractivity contribution in [2.24, 2.45) is 0 Å². The lowest BCUT2D eigenvalue weighted by Gasteiger charge is -2.25. The maximum absolute atomic E-state index is 12.3. The van der Waals surface area contributed by atoms with Gasteiger partial charge in [0, 0.05) is 31.0 Å². The number of benzene rings is 1. The molecular formula is C18H22N2O4. The average molecular weight is 330 g/mol. The maximum atomic E-state index is 12.3. The van der Waals surface area contributed by atoms with E-state index in [1.807, 2.05) is 19.9 Å². The fourth-order valence-corrected chi connectivity index (χ4v) is 2.57. The molecule has 6 heteroatoms. The SMILES string of the molecule is CC(C)N(CCC#N)C(=O)CCC(=O)c1ccc2c(c1)OCCO2. The summed E-state index contributed by atoms with van der Waals surface area (Å²) in [4.78, 5) is 26.2. The van der Waals surface area contributed by atoms with Crippen molar-refractivity contribution in [3.05, 3.63) is 23.8 Å². The second kappa shape index (κ2) is 8.34. The molecular weight excluding hydrogens is 308 g/mol. The van der Waals surface area contributed by atoms with E-state index < -0.39 is 0 Å². The molecule has 0 aromatic heterocycles.